The Labute approximate surface area is 159 Å². The summed E-state index contributed by atoms with van der Waals surface area (Å²) in [5, 5.41) is 8.37. The van der Waals surface area contributed by atoms with Crippen molar-refractivity contribution in [2.75, 3.05) is 25.0 Å². The molecule has 3 rings (SSSR count). The van der Waals surface area contributed by atoms with Crippen LogP contribution in [0.5, 0.6) is 0 Å². The van der Waals surface area contributed by atoms with Gasteiger partial charge in [-0.05, 0) is 31.0 Å². The van der Waals surface area contributed by atoms with Crippen molar-refractivity contribution < 1.29 is 4.79 Å². The van der Waals surface area contributed by atoms with E-state index in [0.717, 1.165) is 12.0 Å². The van der Waals surface area contributed by atoms with Gasteiger partial charge in [-0.1, -0.05) is 35.1 Å². The lowest BCUT2D eigenvalue weighted by Gasteiger charge is -2.14. The molecule has 0 aliphatic heterocycles. The van der Waals surface area contributed by atoms with Crippen LogP contribution in [-0.2, 0) is 11.2 Å². The quantitative estimate of drug-likeness (QED) is 0.694. The Bertz CT molecular complexity index is 983. The second-order valence-corrected chi connectivity index (χ2v) is 7.27. The van der Waals surface area contributed by atoms with E-state index < -0.39 is 0 Å². The van der Waals surface area contributed by atoms with Crippen LogP contribution in [0.1, 0.15) is 11.3 Å². The number of anilines is 1. The summed E-state index contributed by atoms with van der Waals surface area (Å²) in [6.07, 6.45) is 0.729. The first-order valence-corrected chi connectivity index (χ1v) is 9.21. The molecule has 0 fully saturated rings. The predicted molar refractivity (Wildman–Crippen MR) is 103 cm³/mol. The number of amides is 1. The van der Waals surface area contributed by atoms with E-state index in [0.29, 0.717) is 27.4 Å². The van der Waals surface area contributed by atoms with Crippen LogP contribution in [0.2, 0.25) is 5.02 Å². The van der Waals surface area contributed by atoms with Crippen LogP contribution in [0.15, 0.2) is 35.1 Å². The normalized spacial score (nSPS) is 10.9. The fraction of sp³-hybridized carbons (Fsp3) is 0.294. The van der Waals surface area contributed by atoms with E-state index in [1.807, 2.05) is 24.3 Å². The van der Waals surface area contributed by atoms with Crippen molar-refractivity contribution in [2.24, 2.45) is 0 Å². The monoisotopic (exact) mass is 391 g/mol. The van der Waals surface area contributed by atoms with Crippen molar-refractivity contribution in [3.05, 3.63) is 57.0 Å². The smallest absolute Gasteiger partial charge is 0.275 e. The van der Waals surface area contributed by atoms with Crippen molar-refractivity contribution >= 4 is 38.9 Å². The summed E-state index contributed by atoms with van der Waals surface area (Å²) in [6, 6.07) is 8.97. The first-order chi connectivity index (χ1) is 12.4. The molecule has 9 heteroatoms. The lowest BCUT2D eigenvalue weighted by atomic mass is 10.1. The molecule has 136 valence electrons. The maximum atomic E-state index is 12.1. The molecule has 0 saturated carbocycles. The lowest BCUT2D eigenvalue weighted by molar-refractivity contribution is -0.119. The number of rotatable bonds is 6. The highest BCUT2D eigenvalue weighted by molar-refractivity contribution is 7.20. The van der Waals surface area contributed by atoms with Crippen LogP contribution < -0.4 is 15.8 Å². The summed E-state index contributed by atoms with van der Waals surface area (Å²) >= 11 is 7.13. The zero-order valence-electron chi connectivity index (χ0n) is 14.4. The van der Waals surface area contributed by atoms with Gasteiger partial charge < -0.3 is 10.2 Å². The summed E-state index contributed by atoms with van der Waals surface area (Å²) in [7, 11) is 1.76. The Morgan fingerprint density at radius 2 is 2.08 bits per heavy atom. The number of halogens is 1. The molecular formula is C17H18ClN5O2S. The second-order valence-electron chi connectivity index (χ2n) is 5.90. The number of carbonyl (C=O) groups is 1. The number of aryl methyl sites for hydroxylation is 1. The summed E-state index contributed by atoms with van der Waals surface area (Å²) in [5.41, 5.74) is 1.53. The minimum Gasteiger partial charge on any atom is -0.354 e. The highest BCUT2D eigenvalue weighted by atomic mass is 35.5. The molecule has 26 heavy (non-hydrogen) atoms. The fourth-order valence-electron chi connectivity index (χ4n) is 2.40. The molecule has 2 aromatic heterocycles. The van der Waals surface area contributed by atoms with Crippen LogP contribution in [0.4, 0.5) is 5.13 Å². The maximum absolute atomic E-state index is 12.1. The Morgan fingerprint density at radius 3 is 2.81 bits per heavy atom. The van der Waals surface area contributed by atoms with Gasteiger partial charge in [0.1, 0.15) is 0 Å². The Morgan fingerprint density at radius 1 is 1.35 bits per heavy atom. The van der Waals surface area contributed by atoms with E-state index in [2.05, 4.69) is 15.4 Å². The van der Waals surface area contributed by atoms with Gasteiger partial charge in [0.05, 0.1) is 6.54 Å². The van der Waals surface area contributed by atoms with Gasteiger partial charge in [0, 0.05) is 30.4 Å². The van der Waals surface area contributed by atoms with Crippen molar-refractivity contribution in [3.63, 3.8) is 0 Å². The van der Waals surface area contributed by atoms with Gasteiger partial charge in [-0.25, -0.2) is 4.98 Å². The highest BCUT2D eigenvalue weighted by Gasteiger charge is 2.14. The van der Waals surface area contributed by atoms with Crippen molar-refractivity contribution in [1.29, 1.82) is 0 Å². The number of aromatic nitrogens is 3. The average Bonchev–Trinajstić information content (AvgIpc) is 3.01. The topological polar surface area (TPSA) is 79.6 Å². The molecule has 0 unspecified atom stereocenters. The second kappa shape index (κ2) is 7.84. The van der Waals surface area contributed by atoms with E-state index in [9.17, 15) is 9.59 Å². The Hall–Kier alpha value is -2.45. The lowest BCUT2D eigenvalue weighted by Crippen LogP contribution is -2.36. The van der Waals surface area contributed by atoms with Crippen molar-refractivity contribution in [1.82, 2.24) is 19.9 Å². The van der Waals surface area contributed by atoms with Crippen LogP contribution in [0.3, 0.4) is 0 Å². The highest BCUT2D eigenvalue weighted by Crippen LogP contribution is 2.19. The third-order valence-electron chi connectivity index (χ3n) is 3.72. The van der Waals surface area contributed by atoms with Gasteiger partial charge in [0.2, 0.25) is 16.0 Å². The van der Waals surface area contributed by atoms with Gasteiger partial charge in [0.15, 0.2) is 0 Å². The third-order valence-corrected chi connectivity index (χ3v) is 4.99. The third kappa shape index (κ3) is 4.39. The van der Waals surface area contributed by atoms with Crippen LogP contribution in [-0.4, -0.2) is 40.6 Å². The summed E-state index contributed by atoms with van der Waals surface area (Å²) < 4.78 is 1.25. The minimum atomic E-state index is -0.226. The van der Waals surface area contributed by atoms with Gasteiger partial charge >= 0.3 is 0 Å². The van der Waals surface area contributed by atoms with Crippen LogP contribution >= 0.6 is 22.9 Å². The van der Waals surface area contributed by atoms with E-state index in [-0.39, 0.29) is 18.0 Å². The van der Waals surface area contributed by atoms with Crippen LogP contribution in [0.25, 0.3) is 4.96 Å². The molecule has 0 bridgehead atoms. The minimum absolute atomic E-state index is 0.114. The largest absolute Gasteiger partial charge is 0.354 e. The molecule has 0 aliphatic carbocycles. The number of fused-ring (bicyclic) bond motifs is 1. The number of nitrogens with zero attached hydrogens (tertiary/aromatic N) is 4. The molecule has 1 amide bonds. The molecule has 3 aromatic rings. The van der Waals surface area contributed by atoms with E-state index >= 15 is 0 Å². The molecular weight excluding hydrogens is 374 g/mol. The fourth-order valence-corrected chi connectivity index (χ4v) is 3.44. The molecule has 0 radical (unpaired) electrons. The molecule has 1 N–H and O–H groups in total. The first kappa shape index (κ1) is 18.3. The molecule has 0 atom stereocenters. The van der Waals surface area contributed by atoms with Crippen molar-refractivity contribution in [3.8, 4) is 0 Å². The summed E-state index contributed by atoms with van der Waals surface area (Å²) in [6.45, 7) is 2.45. The maximum Gasteiger partial charge on any atom is 0.275 e. The Kier molecular flexibility index (Phi) is 5.53. The molecule has 1 aromatic carbocycles. The predicted octanol–water partition coefficient (Wildman–Crippen LogP) is 1.91. The van der Waals surface area contributed by atoms with Gasteiger partial charge in [-0.2, -0.15) is 4.52 Å². The van der Waals surface area contributed by atoms with Gasteiger partial charge in [0.25, 0.3) is 5.56 Å². The molecule has 7 nitrogen and oxygen atoms in total. The number of nitrogens with one attached hydrogen (secondary N) is 1. The number of hydrogen-bond acceptors (Lipinski definition) is 6. The molecule has 0 saturated heterocycles. The number of hydrogen-bond donors (Lipinski definition) is 1. The first-order valence-electron chi connectivity index (χ1n) is 8.02. The zero-order valence-corrected chi connectivity index (χ0v) is 16.0. The number of benzene rings is 1. The average molecular weight is 392 g/mol. The standard InChI is InChI=1S/C17H18ClN5O2S/c1-11-9-15(25)23-16(20-11)26-17(21-23)22(2)10-14(24)19-8-7-12-3-5-13(18)6-4-12/h3-6,9H,7-8,10H2,1-2H3,(H,19,24). The van der Waals surface area contributed by atoms with E-state index in [4.69, 9.17) is 11.6 Å². The van der Waals surface area contributed by atoms with Gasteiger partial charge in [-0.15, -0.1) is 5.10 Å². The van der Waals surface area contributed by atoms with E-state index in [1.54, 1.807) is 18.9 Å². The van der Waals surface area contributed by atoms with Crippen molar-refractivity contribution in [2.45, 2.75) is 13.3 Å². The van der Waals surface area contributed by atoms with Crippen LogP contribution in [0, 0.1) is 6.92 Å². The Balaban J connectivity index is 1.56. The number of likely N-dealkylation sites (N-methyl/N-ethyl adjacent to an activating group) is 1. The summed E-state index contributed by atoms with van der Waals surface area (Å²) in [4.78, 5) is 30.5. The van der Waals surface area contributed by atoms with Gasteiger partial charge in [-0.3, -0.25) is 9.59 Å². The molecule has 0 aliphatic rings. The SMILES string of the molecule is Cc1cc(=O)n2nc(N(C)CC(=O)NCCc3ccc(Cl)cc3)sc2n1. The summed E-state index contributed by atoms with van der Waals surface area (Å²) in [5.74, 6) is -0.114. The molecule has 2 heterocycles. The number of carbonyl (C=O) groups excluding carboxylic acids is 1. The zero-order chi connectivity index (χ0) is 18.7. The van der Waals surface area contributed by atoms with E-state index in [1.165, 1.54) is 21.9 Å². The molecule has 0 spiro atoms.